The van der Waals surface area contributed by atoms with Crippen LogP contribution in [0.1, 0.15) is 17.5 Å². The first-order valence-corrected chi connectivity index (χ1v) is 8.09. The molecule has 120 valence electrons. The van der Waals surface area contributed by atoms with Crippen LogP contribution in [0.5, 0.6) is 5.75 Å². The maximum atomic E-state index is 11.8. The molecular weight excluding hydrogens is 314 g/mol. The maximum absolute atomic E-state index is 11.8. The van der Waals surface area contributed by atoms with Crippen molar-refractivity contribution in [2.75, 3.05) is 5.75 Å². The summed E-state index contributed by atoms with van der Waals surface area (Å²) in [6.07, 6.45) is 0.272. The molecule has 0 atom stereocenters. The third-order valence-electron chi connectivity index (χ3n) is 3.33. The van der Waals surface area contributed by atoms with Gasteiger partial charge in [0.1, 0.15) is 5.75 Å². The average Bonchev–Trinajstić information content (AvgIpc) is 2.51. The van der Waals surface area contributed by atoms with Crippen LogP contribution in [0.2, 0.25) is 0 Å². The number of non-ortho nitro benzene ring substituents is 1. The summed E-state index contributed by atoms with van der Waals surface area (Å²) in [6, 6.07) is 11.8. The lowest BCUT2D eigenvalue weighted by atomic mass is 10.1. The highest BCUT2D eigenvalue weighted by atomic mass is 32.2. The van der Waals surface area contributed by atoms with Crippen LogP contribution in [0.3, 0.4) is 0 Å². The third-order valence-corrected chi connectivity index (χ3v) is 4.35. The van der Waals surface area contributed by atoms with Crippen molar-refractivity contribution >= 4 is 23.4 Å². The van der Waals surface area contributed by atoms with E-state index in [1.807, 2.05) is 26.0 Å². The molecule has 0 aliphatic carbocycles. The molecule has 2 aromatic carbocycles. The van der Waals surface area contributed by atoms with Crippen molar-refractivity contribution in [1.82, 2.24) is 0 Å². The van der Waals surface area contributed by atoms with E-state index in [1.54, 1.807) is 18.2 Å². The van der Waals surface area contributed by atoms with Crippen LogP contribution < -0.4 is 4.74 Å². The molecular formula is C17H17NO4S. The smallest absolute Gasteiger partial charge is 0.312 e. The highest BCUT2D eigenvalue weighted by molar-refractivity contribution is 7.99. The SMILES string of the molecule is Cc1ccc(OC(=O)CCSc2ccc([N+](=O)[O-])cc2)cc1C. The van der Waals surface area contributed by atoms with Crippen molar-refractivity contribution in [2.45, 2.75) is 25.2 Å². The Morgan fingerprint density at radius 2 is 1.83 bits per heavy atom. The molecule has 0 aliphatic rings. The summed E-state index contributed by atoms with van der Waals surface area (Å²) in [5.74, 6) is 0.822. The Kier molecular flexibility index (Phi) is 5.76. The largest absolute Gasteiger partial charge is 0.426 e. The molecule has 0 bridgehead atoms. The Hall–Kier alpha value is -2.34. The van der Waals surface area contributed by atoms with Gasteiger partial charge in [0, 0.05) is 22.8 Å². The minimum absolute atomic E-state index is 0.0588. The number of ether oxygens (including phenoxy) is 1. The monoisotopic (exact) mass is 331 g/mol. The number of carbonyl (C=O) groups is 1. The molecule has 0 N–H and O–H groups in total. The first-order chi connectivity index (χ1) is 11.0. The number of nitro groups is 1. The first kappa shape index (κ1) is 17.0. The average molecular weight is 331 g/mol. The second kappa shape index (κ2) is 7.78. The molecule has 2 rings (SSSR count). The van der Waals surface area contributed by atoms with Crippen molar-refractivity contribution < 1.29 is 14.5 Å². The Bertz CT molecular complexity index is 713. The summed E-state index contributed by atoms with van der Waals surface area (Å²) < 4.78 is 5.30. The van der Waals surface area contributed by atoms with Crippen molar-refractivity contribution in [3.8, 4) is 5.75 Å². The summed E-state index contributed by atoms with van der Waals surface area (Å²) in [4.78, 5) is 22.8. The molecule has 2 aromatic rings. The van der Waals surface area contributed by atoms with Crippen LogP contribution in [0.15, 0.2) is 47.4 Å². The topological polar surface area (TPSA) is 69.4 Å². The molecule has 23 heavy (non-hydrogen) atoms. The number of hydrogen-bond donors (Lipinski definition) is 0. The van der Waals surface area contributed by atoms with Gasteiger partial charge in [-0.05, 0) is 49.2 Å². The predicted octanol–water partition coefficient (Wildman–Crippen LogP) is 4.30. The number of benzene rings is 2. The molecule has 0 aliphatic heterocycles. The van der Waals surface area contributed by atoms with Crippen molar-refractivity contribution in [2.24, 2.45) is 0 Å². The first-order valence-electron chi connectivity index (χ1n) is 7.11. The zero-order valence-electron chi connectivity index (χ0n) is 12.9. The summed E-state index contributed by atoms with van der Waals surface area (Å²) in [7, 11) is 0. The Balaban J connectivity index is 1.80. The van der Waals surface area contributed by atoms with E-state index in [0.717, 1.165) is 16.0 Å². The van der Waals surface area contributed by atoms with Crippen LogP contribution in [0.25, 0.3) is 0 Å². The van der Waals surface area contributed by atoms with E-state index in [9.17, 15) is 14.9 Å². The Morgan fingerprint density at radius 3 is 2.43 bits per heavy atom. The number of thioether (sulfide) groups is 1. The molecule has 0 fully saturated rings. The highest BCUT2D eigenvalue weighted by Crippen LogP contribution is 2.22. The van der Waals surface area contributed by atoms with Crippen LogP contribution >= 0.6 is 11.8 Å². The molecule has 0 spiro atoms. The fourth-order valence-corrected chi connectivity index (χ4v) is 2.71. The number of aryl methyl sites for hydroxylation is 2. The second-order valence-electron chi connectivity index (χ2n) is 5.07. The quantitative estimate of drug-likeness (QED) is 0.259. The van der Waals surface area contributed by atoms with Crippen LogP contribution in [-0.4, -0.2) is 16.6 Å². The number of esters is 1. The van der Waals surface area contributed by atoms with Gasteiger partial charge in [-0.15, -0.1) is 11.8 Å². The molecule has 0 saturated carbocycles. The molecule has 0 unspecified atom stereocenters. The van der Waals surface area contributed by atoms with E-state index in [4.69, 9.17) is 4.74 Å². The van der Waals surface area contributed by atoms with Gasteiger partial charge in [-0.3, -0.25) is 14.9 Å². The normalized spacial score (nSPS) is 10.3. The van der Waals surface area contributed by atoms with Gasteiger partial charge in [-0.2, -0.15) is 0 Å². The predicted molar refractivity (Wildman–Crippen MR) is 90.0 cm³/mol. The second-order valence-corrected chi connectivity index (χ2v) is 6.24. The molecule has 6 heteroatoms. The van der Waals surface area contributed by atoms with Crippen molar-refractivity contribution in [1.29, 1.82) is 0 Å². The van der Waals surface area contributed by atoms with Gasteiger partial charge in [0.2, 0.25) is 0 Å². The maximum Gasteiger partial charge on any atom is 0.312 e. The molecule has 0 radical (unpaired) electrons. The van der Waals surface area contributed by atoms with Gasteiger partial charge in [-0.25, -0.2) is 0 Å². The number of rotatable bonds is 6. The van der Waals surface area contributed by atoms with Gasteiger partial charge < -0.3 is 4.74 Å². The standard InChI is InChI=1S/C17H17NO4S/c1-12-3-6-15(11-13(12)2)22-17(19)9-10-23-16-7-4-14(5-8-16)18(20)21/h3-8,11H,9-10H2,1-2H3. The van der Waals surface area contributed by atoms with Crippen LogP contribution in [0, 0.1) is 24.0 Å². The molecule has 5 nitrogen and oxygen atoms in total. The lowest BCUT2D eigenvalue weighted by Crippen LogP contribution is -2.08. The van der Waals surface area contributed by atoms with Gasteiger partial charge in [0.15, 0.2) is 0 Å². The zero-order chi connectivity index (χ0) is 16.8. The van der Waals surface area contributed by atoms with E-state index in [-0.39, 0.29) is 18.1 Å². The highest BCUT2D eigenvalue weighted by Gasteiger charge is 2.08. The summed E-state index contributed by atoms with van der Waals surface area (Å²) in [6.45, 7) is 3.97. The van der Waals surface area contributed by atoms with E-state index in [0.29, 0.717) is 11.5 Å². The van der Waals surface area contributed by atoms with Crippen LogP contribution in [-0.2, 0) is 4.79 Å². The number of hydrogen-bond acceptors (Lipinski definition) is 5. The lowest BCUT2D eigenvalue weighted by molar-refractivity contribution is -0.384. The van der Waals surface area contributed by atoms with E-state index in [1.165, 1.54) is 23.9 Å². The number of nitro benzene ring substituents is 1. The van der Waals surface area contributed by atoms with Gasteiger partial charge >= 0.3 is 5.97 Å². The van der Waals surface area contributed by atoms with Gasteiger partial charge in [-0.1, -0.05) is 6.07 Å². The fraction of sp³-hybridized carbons (Fsp3) is 0.235. The minimum atomic E-state index is -0.435. The van der Waals surface area contributed by atoms with Crippen LogP contribution in [0.4, 0.5) is 5.69 Å². The zero-order valence-corrected chi connectivity index (χ0v) is 13.8. The molecule has 0 heterocycles. The lowest BCUT2D eigenvalue weighted by Gasteiger charge is -2.06. The van der Waals surface area contributed by atoms with E-state index < -0.39 is 4.92 Å². The molecule has 0 amide bonds. The van der Waals surface area contributed by atoms with E-state index >= 15 is 0 Å². The molecule has 0 aromatic heterocycles. The minimum Gasteiger partial charge on any atom is -0.426 e. The summed E-state index contributed by atoms with van der Waals surface area (Å²) in [5, 5.41) is 10.6. The van der Waals surface area contributed by atoms with E-state index in [2.05, 4.69) is 0 Å². The molecule has 0 saturated heterocycles. The third kappa shape index (κ3) is 5.10. The Labute approximate surface area is 138 Å². The number of nitrogens with zero attached hydrogens (tertiary/aromatic N) is 1. The van der Waals surface area contributed by atoms with Gasteiger partial charge in [0.05, 0.1) is 11.3 Å². The summed E-state index contributed by atoms with van der Waals surface area (Å²) in [5.41, 5.74) is 2.29. The van der Waals surface area contributed by atoms with Crippen molar-refractivity contribution in [3.63, 3.8) is 0 Å². The number of carbonyl (C=O) groups excluding carboxylic acids is 1. The summed E-state index contributed by atoms with van der Waals surface area (Å²) >= 11 is 1.46. The fourth-order valence-electron chi connectivity index (χ4n) is 1.88. The van der Waals surface area contributed by atoms with Gasteiger partial charge in [0.25, 0.3) is 5.69 Å². The van der Waals surface area contributed by atoms with Crippen molar-refractivity contribution in [3.05, 3.63) is 63.7 Å². The Morgan fingerprint density at radius 1 is 1.13 bits per heavy atom.